The third-order valence-electron chi connectivity index (χ3n) is 4.74. The lowest BCUT2D eigenvalue weighted by Gasteiger charge is -2.33. The molecule has 1 saturated heterocycles. The van der Waals surface area contributed by atoms with Crippen molar-refractivity contribution in [1.29, 1.82) is 0 Å². The first-order valence-electron chi connectivity index (χ1n) is 7.42. The lowest BCUT2D eigenvalue weighted by molar-refractivity contribution is 0.181. The van der Waals surface area contributed by atoms with E-state index in [-0.39, 0.29) is 5.92 Å². The van der Waals surface area contributed by atoms with Crippen molar-refractivity contribution in [2.45, 2.75) is 56.9 Å². The second-order valence-electron chi connectivity index (χ2n) is 6.03. The summed E-state index contributed by atoms with van der Waals surface area (Å²) in [5, 5.41) is 4.11. The molecule has 2 N–H and O–H groups in total. The molecule has 3 rings (SSSR count). The summed E-state index contributed by atoms with van der Waals surface area (Å²) in [7, 11) is 0. The third-order valence-corrected chi connectivity index (χ3v) is 4.74. The van der Waals surface area contributed by atoms with Gasteiger partial charge in [-0.2, -0.15) is 4.98 Å². The molecule has 2 aliphatic rings. The van der Waals surface area contributed by atoms with Crippen LogP contribution in [-0.2, 0) is 10.3 Å². The molecule has 2 heterocycles. The van der Waals surface area contributed by atoms with Gasteiger partial charge in [-0.05, 0) is 38.0 Å². The zero-order valence-corrected chi connectivity index (χ0v) is 11.6. The van der Waals surface area contributed by atoms with Crippen LogP contribution in [0.1, 0.15) is 63.1 Å². The molecule has 1 aliphatic carbocycles. The van der Waals surface area contributed by atoms with E-state index in [0.29, 0.717) is 12.5 Å². The molecule has 1 aromatic rings. The molecule has 19 heavy (non-hydrogen) atoms. The Kier molecular flexibility index (Phi) is 3.58. The molecule has 1 aromatic heterocycles. The van der Waals surface area contributed by atoms with Gasteiger partial charge in [-0.25, -0.2) is 0 Å². The van der Waals surface area contributed by atoms with Crippen LogP contribution in [0.25, 0.3) is 0 Å². The van der Waals surface area contributed by atoms with Crippen LogP contribution in [0.4, 0.5) is 0 Å². The molecule has 0 bridgehead atoms. The summed E-state index contributed by atoms with van der Waals surface area (Å²) in [4.78, 5) is 4.56. The second-order valence-corrected chi connectivity index (χ2v) is 6.03. The van der Waals surface area contributed by atoms with E-state index < -0.39 is 5.54 Å². The maximum Gasteiger partial charge on any atom is 0.246 e. The third kappa shape index (κ3) is 2.54. The second kappa shape index (κ2) is 5.21. The number of rotatable bonds is 3. The minimum atomic E-state index is -0.406. The van der Waals surface area contributed by atoms with E-state index in [9.17, 15) is 0 Å². The Hall–Kier alpha value is -0.940. The molecule has 5 heteroatoms. The first-order valence-corrected chi connectivity index (χ1v) is 7.42. The average Bonchev–Trinajstić information content (AvgIpc) is 3.10. The van der Waals surface area contributed by atoms with Crippen molar-refractivity contribution in [2.75, 3.05) is 13.2 Å². The fourth-order valence-corrected chi connectivity index (χ4v) is 3.16. The van der Waals surface area contributed by atoms with Crippen molar-refractivity contribution in [3.8, 4) is 0 Å². The van der Waals surface area contributed by atoms with Crippen LogP contribution >= 0.6 is 0 Å². The van der Waals surface area contributed by atoms with Crippen molar-refractivity contribution in [3.63, 3.8) is 0 Å². The topological polar surface area (TPSA) is 74.2 Å². The van der Waals surface area contributed by atoms with Gasteiger partial charge < -0.3 is 15.0 Å². The number of hydrogen-bond acceptors (Lipinski definition) is 5. The van der Waals surface area contributed by atoms with Gasteiger partial charge in [0.05, 0.1) is 12.1 Å². The smallest absolute Gasteiger partial charge is 0.246 e. The zero-order valence-electron chi connectivity index (χ0n) is 11.6. The Morgan fingerprint density at radius 1 is 1.32 bits per heavy atom. The quantitative estimate of drug-likeness (QED) is 0.908. The van der Waals surface area contributed by atoms with Gasteiger partial charge in [-0.15, -0.1) is 0 Å². The van der Waals surface area contributed by atoms with Gasteiger partial charge in [0.15, 0.2) is 5.82 Å². The van der Waals surface area contributed by atoms with E-state index >= 15 is 0 Å². The van der Waals surface area contributed by atoms with E-state index in [1.807, 2.05) is 0 Å². The molecule has 5 nitrogen and oxygen atoms in total. The lowest BCUT2D eigenvalue weighted by atomic mass is 9.76. The molecule has 0 spiro atoms. The standard InChI is InChI=1S/C14H23N3O2/c1-2-10-3-6-14(15,7-4-10)13-16-12(17-19-13)11-5-8-18-9-11/h10-11H,2-9,15H2,1H3. The summed E-state index contributed by atoms with van der Waals surface area (Å²) in [6.07, 6.45) is 6.45. The molecule has 0 amide bonds. The minimum absolute atomic E-state index is 0.285. The minimum Gasteiger partial charge on any atom is -0.381 e. The fourth-order valence-electron chi connectivity index (χ4n) is 3.16. The van der Waals surface area contributed by atoms with Crippen LogP contribution in [-0.4, -0.2) is 23.4 Å². The van der Waals surface area contributed by atoms with Gasteiger partial charge in [0.2, 0.25) is 5.89 Å². The Morgan fingerprint density at radius 2 is 2.11 bits per heavy atom. The molecule has 1 aliphatic heterocycles. The molecule has 1 unspecified atom stereocenters. The van der Waals surface area contributed by atoms with Crippen molar-refractivity contribution < 1.29 is 9.26 Å². The predicted octanol–water partition coefficient (Wildman–Crippen LogP) is 2.33. The number of ether oxygens (including phenoxy) is 1. The molecule has 1 saturated carbocycles. The van der Waals surface area contributed by atoms with E-state index in [1.165, 1.54) is 6.42 Å². The van der Waals surface area contributed by atoms with Crippen LogP contribution < -0.4 is 5.73 Å². The van der Waals surface area contributed by atoms with Crippen molar-refractivity contribution in [2.24, 2.45) is 11.7 Å². The number of nitrogens with two attached hydrogens (primary N) is 1. The first-order chi connectivity index (χ1) is 9.21. The highest BCUT2D eigenvalue weighted by molar-refractivity contribution is 5.07. The Balaban J connectivity index is 1.71. The van der Waals surface area contributed by atoms with Gasteiger partial charge in [0.25, 0.3) is 0 Å². The van der Waals surface area contributed by atoms with E-state index in [4.69, 9.17) is 15.0 Å². The molecule has 0 aromatic carbocycles. The highest BCUT2D eigenvalue weighted by atomic mass is 16.5. The van der Waals surface area contributed by atoms with Gasteiger partial charge in [0, 0.05) is 12.5 Å². The lowest BCUT2D eigenvalue weighted by Crippen LogP contribution is -2.40. The predicted molar refractivity (Wildman–Crippen MR) is 70.6 cm³/mol. The number of aromatic nitrogens is 2. The largest absolute Gasteiger partial charge is 0.381 e. The molecule has 2 fully saturated rings. The Labute approximate surface area is 113 Å². The maximum absolute atomic E-state index is 6.48. The first kappa shape index (κ1) is 13.1. The van der Waals surface area contributed by atoms with Crippen molar-refractivity contribution in [1.82, 2.24) is 10.1 Å². The van der Waals surface area contributed by atoms with Crippen molar-refractivity contribution >= 4 is 0 Å². The Bertz CT molecular complexity index is 418. The summed E-state index contributed by atoms with van der Waals surface area (Å²) < 4.78 is 10.8. The van der Waals surface area contributed by atoms with Crippen LogP contribution in [0, 0.1) is 5.92 Å². The molecule has 1 atom stereocenters. The summed E-state index contributed by atoms with van der Waals surface area (Å²) in [5.74, 6) is 2.49. The maximum atomic E-state index is 6.48. The van der Waals surface area contributed by atoms with Crippen molar-refractivity contribution in [3.05, 3.63) is 11.7 Å². The SMILES string of the molecule is CCC1CCC(N)(c2nc(C3CCOC3)no2)CC1. The van der Waals surface area contributed by atoms with Gasteiger partial charge in [-0.3, -0.25) is 0 Å². The average molecular weight is 265 g/mol. The van der Waals surface area contributed by atoms with Crippen LogP contribution in [0.5, 0.6) is 0 Å². The molecular weight excluding hydrogens is 242 g/mol. The molecule has 106 valence electrons. The van der Waals surface area contributed by atoms with Crippen LogP contribution in [0.15, 0.2) is 4.52 Å². The van der Waals surface area contributed by atoms with E-state index in [2.05, 4.69) is 17.1 Å². The highest BCUT2D eigenvalue weighted by Gasteiger charge is 2.38. The number of hydrogen-bond donors (Lipinski definition) is 1. The molecular formula is C14H23N3O2. The highest BCUT2D eigenvalue weighted by Crippen LogP contribution is 2.38. The zero-order chi connectivity index (χ0) is 13.3. The number of nitrogens with zero attached hydrogens (tertiary/aromatic N) is 2. The van der Waals surface area contributed by atoms with Gasteiger partial charge >= 0.3 is 0 Å². The summed E-state index contributed by atoms with van der Waals surface area (Å²) in [5.41, 5.74) is 6.08. The summed E-state index contributed by atoms with van der Waals surface area (Å²) in [6.45, 7) is 3.74. The van der Waals surface area contributed by atoms with Gasteiger partial charge in [0.1, 0.15) is 0 Å². The van der Waals surface area contributed by atoms with E-state index in [1.54, 1.807) is 0 Å². The Morgan fingerprint density at radius 3 is 2.74 bits per heavy atom. The summed E-state index contributed by atoms with van der Waals surface area (Å²) >= 11 is 0. The van der Waals surface area contributed by atoms with Gasteiger partial charge in [-0.1, -0.05) is 18.5 Å². The normalized spacial score (nSPS) is 35.7. The fraction of sp³-hybridized carbons (Fsp3) is 0.857. The van der Waals surface area contributed by atoms with Crippen LogP contribution in [0.3, 0.4) is 0 Å². The summed E-state index contributed by atoms with van der Waals surface area (Å²) in [6, 6.07) is 0. The van der Waals surface area contributed by atoms with Crippen LogP contribution in [0.2, 0.25) is 0 Å². The molecule has 0 radical (unpaired) electrons. The monoisotopic (exact) mass is 265 g/mol. The van der Waals surface area contributed by atoms with E-state index in [0.717, 1.165) is 50.5 Å².